The first-order chi connectivity index (χ1) is 9.81. The van der Waals surface area contributed by atoms with Gasteiger partial charge in [-0.2, -0.15) is 5.26 Å². The third kappa shape index (κ3) is 2.10. The second-order valence-corrected chi connectivity index (χ2v) is 5.54. The molecule has 3 aromatic rings. The SMILES string of the molecule is N#CCc1nc2ccccc2n1S(=O)c1ccccc1. The number of rotatable bonds is 3. The van der Waals surface area contributed by atoms with E-state index in [0.29, 0.717) is 10.7 Å². The van der Waals surface area contributed by atoms with Crippen LogP contribution in [0.3, 0.4) is 0 Å². The molecule has 1 aromatic heterocycles. The molecule has 98 valence electrons. The van der Waals surface area contributed by atoms with Crippen LogP contribution in [-0.2, 0) is 17.4 Å². The normalized spacial score (nSPS) is 12.2. The fourth-order valence-electron chi connectivity index (χ4n) is 2.06. The van der Waals surface area contributed by atoms with Crippen molar-refractivity contribution >= 4 is 22.0 Å². The predicted octanol–water partition coefficient (Wildman–Crippen LogP) is 2.67. The Kier molecular flexibility index (Phi) is 3.32. The smallest absolute Gasteiger partial charge is 0.158 e. The van der Waals surface area contributed by atoms with Crippen LogP contribution in [-0.4, -0.2) is 13.2 Å². The molecule has 0 bridgehead atoms. The number of imidazole rings is 1. The van der Waals surface area contributed by atoms with E-state index in [1.165, 1.54) is 0 Å². The summed E-state index contributed by atoms with van der Waals surface area (Å²) in [5.74, 6) is 0.524. The fraction of sp³-hybridized carbons (Fsp3) is 0.0667. The molecule has 0 aliphatic heterocycles. The van der Waals surface area contributed by atoms with Gasteiger partial charge in [0.15, 0.2) is 11.0 Å². The largest absolute Gasteiger partial charge is 0.240 e. The molecule has 0 saturated heterocycles. The Morgan fingerprint density at radius 1 is 1.10 bits per heavy atom. The molecule has 20 heavy (non-hydrogen) atoms. The molecule has 0 radical (unpaired) electrons. The molecule has 1 atom stereocenters. The number of aromatic nitrogens is 2. The van der Waals surface area contributed by atoms with E-state index < -0.39 is 11.0 Å². The molecule has 0 amide bonds. The van der Waals surface area contributed by atoms with Crippen molar-refractivity contribution in [1.82, 2.24) is 8.96 Å². The van der Waals surface area contributed by atoms with Crippen LogP contribution in [0.1, 0.15) is 5.82 Å². The van der Waals surface area contributed by atoms with Gasteiger partial charge in [-0.1, -0.05) is 30.3 Å². The van der Waals surface area contributed by atoms with Crippen molar-refractivity contribution < 1.29 is 4.21 Å². The number of benzene rings is 2. The first-order valence-corrected chi connectivity index (χ1v) is 7.22. The number of para-hydroxylation sites is 2. The molecular weight excluding hydrogens is 270 g/mol. The van der Waals surface area contributed by atoms with Gasteiger partial charge >= 0.3 is 0 Å². The maximum absolute atomic E-state index is 12.7. The molecule has 0 N–H and O–H groups in total. The van der Waals surface area contributed by atoms with Gasteiger partial charge in [-0.25, -0.2) is 13.2 Å². The molecule has 0 aliphatic rings. The Morgan fingerprint density at radius 2 is 1.80 bits per heavy atom. The van der Waals surface area contributed by atoms with Gasteiger partial charge in [0.1, 0.15) is 5.82 Å². The molecule has 0 aliphatic carbocycles. The van der Waals surface area contributed by atoms with Crippen molar-refractivity contribution in [3.8, 4) is 6.07 Å². The number of hydrogen-bond donors (Lipinski definition) is 0. The Labute approximate surface area is 118 Å². The van der Waals surface area contributed by atoms with Crippen LogP contribution in [0, 0.1) is 11.3 Å². The number of hydrogen-bond acceptors (Lipinski definition) is 3. The van der Waals surface area contributed by atoms with Crippen molar-refractivity contribution in [2.75, 3.05) is 0 Å². The average molecular weight is 281 g/mol. The molecule has 5 heteroatoms. The third-order valence-corrected chi connectivity index (χ3v) is 4.35. The van der Waals surface area contributed by atoms with E-state index in [9.17, 15) is 4.21 Å². The van der Waals surface area contributed by atoms with Gasteiger partial charge in [-0.15, -0.1) is 0 Å². The summed E-state index contributed by atoms with van der Waals surface area (Å²) >= 11 is 0. The van der Waals surface area contributed by atoms with E-state index in [-0.39, 0.29) is 6.42 Å². The predicted molar refractivity (Wildman–Crippen MR) is 77.3 cm³/mol. The Balaban J connectivity index is 2.21. The molecule has 0 fully saturated rings. The zero-order valence-corrected chi connectivity index (χ0v) is 11.4. The highest BCUT2D eigenvalue weighted by atomic mass is 32.2. The number of nitrogens with zero attached hydrogens (tertiary/aromatic N) is 3. The minimum Gasteiger partial charge on any atom is -0.240 e. The lowest BCUT2D eigenvalue weighted by molar-refractivity contribution is 0.676. The van der Waals surface area contributed by atoms with Gasteiger partial charge in [0, 0.05) is 0 Å². The van der Waals surface area contributed by atoms with Crippen LogP contribution in [0.4, 0.5) is 0 Å². The molecule has 3 rings (SSSR count). The van der Waals surface area contributed by atoms with E-state index in [4.69, 9.17) is 5.26 Å². The third-order valence-electron chi connectivity index (χ3n) is 2.93. The molecule has 1 heterocycles. The Hall–Kier alpha value is -2.45. The summed E-state index contributed by atoms with van der Waals surface area (Å²) in [6, 6.07) is 18.7. The summed E-state index contributed by atoms with van der Waals surface area (Å²) < 4.78 is 14.4. The Bertz CT molecular complexity index is 818. The maximum atomic E-state index is 12.7. The van der Waals surface area contributed by atoms with Crippen molar-refractivity contribution in [1.29, 1.82) is 5.26 Å². The second-order valence-electron chi connectivity index (χ2n) is 4.21. The summed E-state index contributed by atoms with van der Waals surface area (Å²) in [4.78, 5) is 5.09. The summed E-state index contributed by atoms with van der Waals surface area (Å²) in [6.45, 7) is 0. The topological polar surface area (TPSA) is 58.7 Å². The molecule has 0 saturated carbocycles. The number of fused-ring (bicyclic) bond motifs is 1. The van der Waals surface area contributed by atoms with Crippen molar-refractivity contribution in [2.24, 2.45) is 0 Å². The minimum atomic E-state index is -1.40. The summed E-state index contributed by atoms with van der Waals surface area (Å²) in [7, 11) is -1.40. The van der Waals surface area contributed by atoms with E-state index in [2.05, 4.69) is 11.1 Å². The number of nitriles is 1. The first kappa shape index (κ1) is 12.6. The highest BCUT2D eigenvalue weighted by molar-refractivity contribution is 7.83. The monoisotopic (exact) mass is 281 g/mol. The van der Waals surface area contributed by atoms with E-state index >= 15 is 0 Å². The van der Waals surface area contributed by atoms with Gasteiger partial charge in [0.2, 0.25) is 0 Å². The summed E-state index contributed by atoms with van der Waals surface area (Å²) in [6.07, 6.45) is 0.132. The summed E-state index contributed by atoms with van der Waals surface area (Å²) in [5.41, 5.74) is 1.53. The van der Waals surface area contributed by atoms with E-state index in [1.54, 1.807) is 16.1 Å². The first-order valence-electron chi connectivity index (χ1n) is 6.12. The zero-order valence-electron chi connectivity index (χ0n) is 10.6. The maximum Gasteiger partial charge on any atom is 0.158 e. The lowest BCUT2D eigenvalue weighted by Crippen LogP contribution is -2.09. The zero-order chi connectivity index (χ0) is 13.9. The molecule has 4 nitrogen and oxygen atoms in total. The quantitative estimate of drug-likeness (QED) is 0.741. The van der Waals surface area contributed by atoms with Gasteiger partial charge in [-0.05, 0) is 24.3 Å². The Morgan fingerprint density at radius 3 is 2.55 bits per heavy atom. The van der Waals surface area contributed by atoms with Crippen LogP contribution in [0.15, 0.2) is 59.5 Å². The molecule has 1 unspecified atom stereocenters. The van der Waals surface area contributed by atoms with Gasteiger partial charge in [-0.3, -0.25) is 0 Å². The standard InChI is InChI=1S/C15H11N3OS/c16-11-10-15-17-13-8-4-5-9-14(13)18(15)20(19)12-6-2-1-3-7-12/h1-9H,10H2. The van der Waals surface area contributed by atoms with Crippen molar-refractivity contribution in [3.05, 3.63) is 60.4 Å². The highest BCUT2D eigenvalue weighted by Gasteiger charge is 2.16. The van der Waals surface area contributed by atoms with Crippen LogP contribution in [0.25, 0.3) is 11.0 Å². The van der Waals surface area contributed by atoms with Gasteiger partial charge < -0.3 is 0 Å². The van der Waals surface area contributed by atoms with Gasteiger partial charge in [0.25, 0.3) is 0 Å². The van der Waals surface area contributed by atoms with E-state index in [1.807, 2.05) is 42.5 Å². The van der Waals surface area contributed by atoms with Crippen molar-refractivity contribution in [3.63, 3.8) is 0 Å². The average Bonchev–Trinajstić information content (AvgIpc) is 2.86. The van der Waals surface area contributed by atoms with Gasteiger partial charge in [0.05, 0.1) is 28.4 Å². The van der Waals surface area contributed by atoms with Crippen LogP contribution >= 0.6 is 0 Å². The van der Waals surface area contributed by atoms with Crippen molar-refractivity contribution in [2.45, 2.75) is 11.3 Å². The molecular formula is C15H11N3OS. The van der Waals surface area contributed by atoms with Crippen LogP contribution < -0.4 is 0 Å². The summed E-state index contributed by atoms with van der Waals surface area (Å²) in [5, 5.41) is 8.92. The molecule has 2 aromatic carbocycles. The highest BCUT2D eigenvalue weighted by Crippen LogP contribution is 2.20. The molecule has 0 spiro atoms. The second kappa shape index (κ2) is 5.27. The lowest BCUT2D eigenvalue weighted by Gasteiger charge is -2.06. The lowest BCUT2D eigenvalue weighted by atomic mass is 10.3. The fourth-order valence-corrected chi connectivity index (χ4v) is 3.29. The minimum absolute atomic E-state index is 0.132. The van der Waals surface area contributed by atoms with Crippen LogP contribution in [0.5, 0.6) is 0 Å². The van der Waals surface area contributed by atoms with E-state index in [0.717, 1.165) is 11.0 Å². The van der Waals surface area contributed by atoms with Crippen LogP contribution in [0.2, 0.25) is 0 Å².